The third-order valence-corrected chi connectivity index (χ3v) is 3.89. The van der Waals surface area contributed by atoms with Gasteiger partial charge in [-0.2, -0.15) is 0 Å². The maximum Gasteiger partial charge on any atom is 0.275 e. The van der Waals surface area contributed by atoms with Gasteiger partial charge in [0.1, 0.15) is 6.54 Å². The van der Waals surface area contributed by atoms with Gasteiger partial charge >= 0.3 is 0 Å². The van der Waals surface area contributed by atoms with Gasteiger partial charge in [0.15, 0.2) is 12.3 Å². The van der Waals surface area contributed by atoms with Gasteiger partial charge in [0.2, 0.25) is 0 Å². The van der Waals surface area contributed by atoms with Crippen LogP contribution in [0.1, 0.15) is 24.3 Å². The van der Waals surface area contributed by atoms with Crippen LogP contribution in [0.25, 0.3) is 0 Å². The Bertz CT molecular complexity index is 629. The molecule has 2 rings (SSSR count). The summed E-state index contributed by atoms with van der Waals surface area (Å²) in [6, 6.07) is 8.84. The molecule has 4 nitrogen and oxygen atoms in total. The Kier molecular flexibility index (Phi) is 5.89. The second-order valence-electron chi connectivity index (χ2n) is 5.35. The molecule has 1 unspecified atom stereocenters. The van der Waals surface area contributed by atoms with Gasteiger partial charge in [-0.1, -0.05) is 29.3 Å². The van der Waals surface area contributed by atoms with Crippen LogP contribution in [0, 0.1) is 0 Å². The van der Waals surface area contributed by atoms with Crippen LogP contribution in [0.5, 0.6) is 0 Å². The van der Waals surface area contributed by atoms with Crippen LogP contribution in [0.4, 0.5) is 0 Å². The summed E-state index contributed by atoms with van der Waals surface area (Å²) in [5, 5.41) is 4.08. The molecular formula is C16H19Cl2N2O2+. The van der Waals surface area contributed by atoms with Crippen molar-refractivity contribution in [3.63, 3.8) is 0 Å². The average Bonchev–Trinajstić information content (AvgIpc) is 2.90. The number of amides is 1. The lowest BCUT2D eigenvalue weighted by Crippen LogP contribution is -3.08. The zero-order valence-electron chi connectivity index (χ0n) is 12.5. The SMILES string of the molecule is C[C@H](NC(=O)C[NH+](C)Cc1ccco1)c1ccc(Cl)cc1Cl. The predicted molar refractivity (Wildman–Crippen MR) is 87.2 cm³/mol. The molecule has 1 aromatic carbocycles. The minimum Gasteiger partial charge on any atom is -0.463 e. The van der Waals surface area contributed by atoms with Crippen molar-refractivity contribution < 1.29 is 14.1 Å². The number of nitrogens with one attached hydrogen (secondary N) is 2. The number of hydrogen-bond acceptors (Lipinski definition) is 2. The average molecular weight is 342 g/mol. The monoisotopic (exact) mass is 341 g/mol. The van der Waals surface area contributed by atoms with Crippen LogP contribution in [0.2, 0.25) is 10.0 Å². The zero-order chi connectivity index (χ0) is 16.1. The van der Waals surface area contributed by atoms with E-state index < -0.39 is 0 Å². The van der Waals surface area contributed by atoms with E-state index in [1.807, 2.05) is 32.2 Å². The highest BCUT2D eigenvalue weighted by Crippen LogP contribution is 2.25. The van der Waals surface area contributed by atoms with Gasteiger partial charge in [0, 0.05) is 10.0 Å². The highest BCUT2D eigenvalue weighted by molar-refractivity contribution is 6.35. The summed E-state index contributed by atoms with van der Waals surface area (Å²) >= 11 is 12.0. The van der Waals surface area contributed by atoms with Crippen molar-refractivity contribution >= 4 is 29.1 Å². The Morgan fingerprint density at radius 1 is 1.36 bits per heavy atom. The Balaban J connectivity index is 1.88. The van der Waals surface area contributed by atoms with E-state index in [1.165, 1.54) is 0 Å². The first-order valence-electron chi connectivity index (χ1n) is 7.03. The summed E-state index contributed by atoms with van der Waals surface area (Å²) in [4.78, 5) is 13.2. The summed E-state index contributed by atoms with van der Waals surface area (Å²) < 4.78 is 5.28. The number of carbonyl (C=O) groups is 1. The quantitative estimate of drug-likeness (QED) is 0.847. The van der Waals surface area contributed by atoms with Crippen LogP contribution in [0.15, 0.2) is 41.0 Å². The molecule has 0 spiro atoms. The highest BCUT2D eigenvalue weighted by atomic mass is 35.5. The number of rotatable bonds is 6. The molecule has 1 heterocycles. The van der Waals surface area contributed by atoms with Gasteiger partial charge in [0.05, 0.1) is 19.4 Å². The molecule has 0 aliphatic rings. The normalized spacial score (nSPS) is 13.6. The molecule has 0 saturated heterocycles. The highest BCUT2D eigenvalue weighted by Gasteiger charge is 2.16. The minimum atomic E-state index is -0.173. The number of quaternary nitrogens is 1. The van der Waals surface area contributed by atoms with Gasteiger partial charge in [-0.3, -0.25) is 4.79 Å². The van der Waals surface area contributed by atoms with Crippen LogP contribution in [-0.4, -0.2) is 19.5 Å². The van der Waals surface area contributed by atoms with E-state index in [4.69, 9.17) is 27.6 Å². The fourth-order valence-corrected chi connectivity index (χ4v) is 2.84. The van der Waals surface area contributed by atoms with E-state index in [1.54, 1.807) is 18.4 Å². The van der Waals surface area contributed by atoms with Crippen molar-refractivity contribution in [3.05, 3.63) is 58.0 Å². The van der Waals surface area contributed by atoms with Crippen LogP contribution in [-0.2, 0) is 11.3 Å². The third kappa shape index (κ3) is 4.77. The molecule has 0 aliphatic heterocycles. The third-order valence-electron chi connectivity index (χ3n) is 3.32. The summed E-state index contributed by atoms with van der Waals surface area (Å²) in [7, 11) is 1.95. The summed E-state index contributed by atoms with van der Waals surface area (Å²) in [6.45, 7) is 2.92. The molecular weight excluding hydrogens is 323 g/mol. The molecule has 0 aliphatic carbocycles. The molecule has 2 atom stereocenters. The fourth-order valence-electron chi connectivity index (χ4n) is 2.27. The van der Waals surface area contributed by atoms with Crippen molar-refractivity contribution in [1.82, 2.24) is 5.32 Å². The Morgan fingerprint density at radius 2 is 2.14 bits per heavy atom. The first kappa shape index (κ1) is 16.9. The molecule has 0 radical (unpaired) electrons. The number of carbonyl (C=O) groups excluding carboxylic acids is 1. The molecule has 0 fully saturated rings. The molecule has 0 bridgehead atoms. The molecule has 1 amide bonds. The van der Waals surface area contributed by atoms with Gasteiger partial charge in [0.25, 0.3) is 5.91 Å². The van der Waals surface area contributed by atoms with E-state index in [2.05, 4.69) is 5.32 Å². The van der Waals surface area contributed by atoms with Gasteiger partial charge < -0.3 is 14.6 Å². The lowest BCUT2D eigenvalue weighted by Gasteiger charge is -2.18. The zero-order valence-corrected chi connectivity index (χ0v) is 14.0. The Labute approximate surface area is 140 Å². The predicted octanol–water partition coefficient (Wildman–Crippen LogP) is 2.48. The number of likely N-dealkylation sites (N-methyl/N-ethyl adjacent to an activating group) is 1. The number of halogens is 2. The number of hydrogen-bond donors (Lipinski definition) is 2. The topological polar surface area (TPSA) is 46.7 Å². The van der Waals surface area contributed by atoms with Gasteiger partial charge in [-0.25, -0.2) is 0 Å². The first-order chi connectivity index (χ1) is 10.5. The van der Waals surface area contributed by atoms with Crippen molar-refractivity contribution in [1.29, 1.82) is 0 Å². The van der Waals surface area contributed by atoms with E-state index in [-0.39, 0.29) is 11.9 Å². The number of benzene rings is 1. The lowest BCUT2D eigenvalue weighted by molar-refractivity contribution is -0.886. The van der Waals surface area contributed by atoms with E-state index in [0.29, 0.717) is 23.1 Å². The van der Waals surface area contributed by atoms with Gasteiger partial charge in [-0.05, 0) is 36.8 Å². The van der Waals surface area contributed by atoms with E-state index in [9.17, 15) is 4.79 Å². The second kappa shape index (κ2) is 7.68. The van der Waals surface area contributed by atoms with E-state index >= 15 is 0 Å². The van der Waals surface area contributed by atoms with Crippen LogP contribution < -0.4 is 10.2 Å². The van der Waals surface area contributed by atoms with Gasteiger partial charge in [-0.15, -0.1) is 0 Å². The summed E-state index contributed by atoms with van der Waals surface area (Å²) in [5.41, 5.74) is 0.850. The van der Waals surface area contributed by atoms with Crippen molar-refractivity contribution in [2.45, 2.75) is 19.5 Å². The minimum absolute atomic E-state index is 0.0393. The van der Waals surface area contributed by atoms with Crippen LogP contribution >= 0.6 is 23.2 Å². The Hall–Kier alpha value is -1.49. The van der Waals surface area contributed by atoms with Crippen molar-refractivity contribution in [3.8, 4) is 0 Å². The molecule has 22 heavy (non-hydrogen) atoms. The lowest BCUT2D eigenvalue weighted by atomic mass is 10.1. The summed E-state index contributed by atoms with van der Waals surface area (Å²) in [5.74, 6) is 0.821. The van der Waals surface area contributed by atoms with Crippen LogP contribution in [0.3, 0.4) is 0 Å². The molecule has 2 aromatic rings. The molecule has 118 valence electrons. The molecule has 1 aromatic heterocycles. The maximum atomic E-state index is 12.1. The first-order valence-corrected chi connectivity index (χ1v) is 7.79. The molecule has 2 N–H and O–H groups in total. The molecule has 0 saturated carbocycles. The smallest absolute Gasteiger partial charge is 0.275 e. The van der Waals surface area contributed by atoms with E-state index in [0.717, 1.165) is 16.2 Å². The largest absolute Gasteiger partial charge is 0.463 e. The second-order valence-corrected chi connectivity index (χ2v) is 6.19. The van der Waals surface area contributed by atoms with Crippen molar-refractivity contribution in [2.75, 3.05) is 13.6 Å². The standard InChI is InChI=1S/C16H18Cl2N2O2/c1-11(14-6-5-12(17)8-15(14)18)19-16(21)10-20(2)9-13-4-3-7-22-13/h3-8,11H,9-10H2,1-2H3,(H,19,21)/p+1/t11-/m0/s1. The number of furan rings is 1. The fraction of sp³-hybridized carbons (Fsp3) is 0.312. The summed E-state index contributed by atoms with van der Waals surface area (Å²) in [6.07, 6.45) is 1.63. The maximum absolute atomic E-state index is 12.1. The van der Waals surface area contributed by atoms with Crippen molar-refractivity contribution in [2.24, 2.45) is 0 Å². The Morgan fingerprint density at radius 3 is 2.77 bits per heavy atom. The molecule has 6 heteroatoms.